The number of ether oxygens (including phenoxy) is 1. The van der Waals surface area contributed by atoms with Crippen LogP contribution in [0.3, 0.4) is 0 Å². The molecule has 0 aromatic heterocycles. The summed E-state index contributed by atoms with van der Waals surface area (Å²) >= 11 is 0. The Morgan fingerprint density at radius 2 is 1.83 bits per heavy atom. The van der Waals surface area contributed by atoms with Crippen molar-refractivity contribution in [1.29, 1.82) is 0 Å². The van der Waals surface area contributed by atoms with Crippen molar-refractivity contribution >= 4 is 5.78 Å². The first kappa shape index (κ1) is 16.3. The molecule has 2 atom stereocenters. The first-order valence-electron chi connectivity index (χ1n) is 7.89. The molecule has 126 valence electrons. The number of rotatable bonds is 4. The molecule has 1 unspecified atom stereocenters. The molecule has 0 amide bonds. The van der Waals surface area contributed by atoms with Crippen LogP contribution in [0.15, 0.2) is 24.3 Å². The minimum absolute atomic E-state index is 0.0980. The van der Waals surface area contributed by atoms with E-state index in [2.05, 4.69) is 4.74 Å². The third kappa shape index (κ3) is 3.09. The minimum Gasteiger partial charge on any atom is -0.406 e. The summed E-state index contributed by atoms with van der Waals surface area (Å²) in [7, 11) is 0. The lowest BCUT2D eigenvalue weighted by atomic mass is 9.58. The van der Waals surface area contributed by atoms with E-state index < -0.39 is 17.9 Å². The summed E-state index contributed by atoms with van der Waals surface area (Å²) in [4.78, 5) is 11.9. The fraction of sp³-hybridized carbons (Fsp3) is 0.588. The van der Waals surface area contributed by atoms with Gasteiger partial charge >= 0.3 is 6.36 Å². The first-order chi connectivity index (χ1) is 10.8. The second kappa shape index (κ2) is 5.82. The monoisotopic (exact) mass is 328 g/mol. The summed E-state index contributed by atoms with van der Waals surface area (Å²) in [5, 5.41) is 10.8. The molecule has 3 rings (SSSR count). The third-order valence-corrected chi connectivity index (χ3v) is 5.21. The molecular weight excluding hydrogens is 309 g/mol. The fourth-order valence-corrected chi connectivity index (χ4v) is 3.86. The topological polar surface area (TPSA) is 46.5 Å². The number of alkyl halides is 3. The second-order valence-electron chi connectivity index (χ2n) is 6.49. The molecule has 2 fully saturated rings. The Labute approximate surface area is 132 Å². The summed E-state index contributed by atoms with van der Waals surface area (Å²) in [5.41, 5.74) is 0.270. The van der Waals surface area contributed by atoms with Crippen LogP contribution in [-0.4, -0.2) is 23.4 Å². The van der Waals surface area contributed by atoms with Crippen LogP contribution in [0.5, 0.6) is 5.75 Å². The number of Topliss-reactive ketones (excluding diaryl/α,β-unsaturated/α-hetero) is 1. The van der Waals surface area contributed by atoms with E-state index >= 15 is 0 Å². The van der Waals surface area contributed by atoms with Crippen molar-refractivity contribution in [3.05, 3.63) is 29.8 Å². The molecule has 1 aromatic rings. The molecule has 0 radical (unpaired) electrons. The van der Waals surface area contributed by atoms with Crippen LogP contribution >= 0.6 is 0 Å². The van der Waals surface area contributed by atoms with Crippen LogP contribution in [0, 0.1) is 5.92 Å². The Kier molecular flexibility index (Phi) is 4.12. The maximum absolute atomic E-state index is 12.2. The first-order valence-corrected chi connectivity index (χ1v) is 7.89. The zero-order valence-corrected chi connectivity index (χ0v) is 12.6. The van der Waals surface area contributed by atoms with Crippen LogP contribution < -0.4 is 4.74 Å². The highest BCUT2D eigenvalue weighted by Gasteiger charge is 2.50. The zero-order valence-electron chi connectivity index (χ0n) is 12.6. The molecule has 3 nitrogen and oxygen atoms in total. The lowest BCUT2D eigenvalue weighted by Gasteiger charge is -2.47. The van der Waals surface area contributed by atoms with Crippen molar-refractivity contribution in [2.75, 3.05) is 0 Å². The number of hydrogen-bond donors (Lipinski definition) is 1. The van der Waals surface area contributed by atoms with E-state index in [1.54, 1.807) is 12.1 Å². The van der Waals surface area contributed by atoms with E-state index in [-0.39, 0.29) is 17.5 Å². The molecule has 6 heteroatoms. The van der Waals surface area contributed by atoms with Crippen molar-refractivity contribution in [2.45, 2.75) is 56.4 Å². The van der Waals surface area contributed by atoms with E-state index in [0.29, 0.717) is 12.8 Å². The summed E-state index contributed by atoms with van der Waals surface area (Å²) in [6, 6.07) is 5.68. The van der Waals surface area contributed by atoms with Crippen molar-refractivity contribution in [3.63, 3.8) is 0 Å². The summed E-state index contributed by atoms with van der Waals surface area (Å²) < 4.78 is 40.6. The molecule has 0 saturated heterocycles. The van der Waals surface area contributed by atoms with Crippen LogP contribution in [0.4, 0.5) is 13.2 Å². The second-order valence-corrected chi connectivity index (χ2v) is 6.49. The van der Waals surface area contributed by atoms with E-state index in [9.17, 15) is 23.1 Å². The molecule has 2 saturated carbocycles. The van der Waals surface area contributed by atoms with Crippen LogP contribution in [0.1, 0.15) is 44.1 Å². The highest BCUT2D eigenvalue weighted by Crippen LogP contribution is 2.50. The van der Waals surface area contributed by atoms with Gasteiger partial charge in [-0.15, -0.1) is 13.2 Å². The van der Waals surface area contributed by atoms with E-state index in [4.69, 9.17) is 0 Å². The van der Waals surface area contributed by atoms with Crippen molar-refractivity contribution in [2.24, 2.45) is 5.92 Å². The maximum Gasteiger partial charge on any atom is 0.573 e. The van der Waals surface area contributed by atoms with Gasteiger partial charge in [0.05, 0.1) is 6.10 Å². The molecule has 1 N–H and O–H groups in total. The van der Waals surface area contributed by atoms with Crippen molar-refractivity contribution < 1.29 is 27.8 Å². The van der Waals surface area contributed by atoms with E-state index in [1.165, 1.54) is 12.1 Å². The van der Waals surface area contributed by atoms with Crippen LogP contribution in [-0.2, 0) is 10.2 Å². The standard InChI is InChI=1S/C17H19F3O3/c18-17(19,20)23-12-7-5-11(6-8-12)16(9-2-10-16)15(22)13-3-1-4-14(13)21/h5-8,13,15,22H,1-4,9-10H2/t13?,15-/m0/s1. The molecule has 0 heterocycles. The average molecular weight is 328 g/mol. The normalized spacial score (nSPS) is 25.0. The number of aliphatic hydroxyl groups is 1. The van der Waals surface area contributed by atoms with Crippen molar-refractivity contribution in [3.8, 4) is 5.75 Å². The number of halogens is 3. The molecule has 23 heavy (non-hydrogen) atoms. The van der Waals surface area contributed by atoms with Gasteiger partial charge in [0, 0.05) is 17.8 Å². The number of aliphatic hydroxyl groups excluding tert-OH is 1. The Hall–Kier alpha value is -1.56. The summed E-state index contributed by atoms with van der Waals surface area (Å²) in [5.74, 6) is -0.524. The van der Waals surface area contributed by atoms with Crippen LogP contribution in [0.25, 0.3) is 0 Å². The Morgan fingerprint density at radius 3 is 2.26 bits per heavy atom. The van der Waals surface area contributed by atoms with Crippen molar-refractivity contribution in [1.82, 2.24) is 0 Å². The quantitative estimate of drug-likeness (QED) is 0.916. The smallest absolute Gasteiger partial charge is 0.406 e. The Morgan fingerprint density at radius 1 is 1.17 bits per heavy atom. The van der Waals surface area contributed by atoms with E-state index in [0.717, 1.165) is 31.2 Å². The summed E-state index contributed by atoms with van der Waals surface area (Å²) in [6.45, 7) is 0. The lowest BCUT2D eigenvalue weighted by molar-refractivity contribution is -0.274. The molecular formula is C17H19F3O3. The van der Waals surface area contributed by atoms with Gasteiger partial charge in [0.1, 0.15) is 11.5 Å². The number of benzene rings is 1. The lowest BCUT2D eigenvalue weighted by Crippen LogP contribution is -2.50. The maximum atomic E-state index is 12.2. The molecule has 2 aliphatic rings. The predicted molar refractivity (Wildman–Crippen MR) is 77.0 cm³/mol. The fourth-order valence-electron chi connectivity index (χ4n) is 3.86. The Bertz CT molecular complexity index is 576. The predicted octanol–water partition coefficient (Wildman–Crippen LogP) is 3.74. The Balaban J connectivity index is 1.81. The number of hydrogen-bond acceptors (Lipinski definition) is 3. The SMILES string of the molecule is O=C1CCCC1[C@H](O)C1(c2ccc(OC(F)(F)F)cc2)CCC1. The third-order valence-electron chi connectivity index (χ3n) is 5.21. The van der Waals surface area contributed by atoms with Gasteiger partial charge < -0.3 is 9.84 Å². The molecule has 0 aliphatic heterocycles. The van der Waals surface area contributed by atoms with Gasteiger partial charge in [0.15, 0.2) is 0 Å². The van der Waals surface area contributed by atoms with Gasteiger partial charge in [-0.2, -0.15) is 0 Å². The molecule has 2 aliphatic carbocycles. The number of ketones is 1. The highest BCUT2D eigenvalue weighted by molar-refractivity contribution is 5.83. The van der Waals surface area contributed by atoms with Gasteiger partial charge in [-0.1, -0.05) is 18.6 Å². The van der Waals surface area contributed by atoms with Crippen LogP contribution in [0.2, 0.25) is 0 Å². The number of carbonyl (C=O) groups is 1. The average Bonchev–Trinajstić information content (AvgIpc) is 2.84. The minimum atomic E-state index is -4.72. The number of carbonyl (C=O) groups excluding carboxylic acids is 1. The largest absolute Gasteiger partial charge is 0.573 e. The summed E-state index contributed by atoms with van der Waals surface area (Å²) in [6.07, 6.45) is -1.04. The van der Waals surface area contributed by atoms with Gasteiger partial charge in [0.2, 0.25) is 0 Å². The van der Waals surface area contributed by atoms with Gasteiger partial charge in [0.25, 0.3) is 0 Å². The highest BCUT2D eigenvalue weighted by atomic mass is 19.4. The zero-order chi connectivity index (χ0) is 16.7. The van der Waals surface area contributed by atoms with Gasteiger partial charge in [-0.05, 0) is 43.4 Å². The van der Waals surface area contributed by atoms with Gasteiger partial charge in [-0.25, -0.2) is 0 Å². The van der Waals surface area contributed by atoms with Gasteiger partial charge in [-0.3, -0.25) is 4.79 Å². The molecule has 0 bridgehead atoms. The van der Waals surface area contributed by atoms with E-state index in [1.807, 2.05) is 0 Å². The molecule has 1 aromatic carbocycles. The molecule has 0 spiro atoms.